The third kappa shape index (κ3) is 1.60. The van der Waals surface area contributed by atoms with E-state index < -0.39 is 5.92 Å². The molecule has 2 aromatic rings. The summed E-state index contributed by atoms with van der Waals surface area (Å²) in [6.45, 7) is 0. The van der Waals surface area contributed by atoms with Crippen molar-refractivity contribution in [3.63, 3.8) is 0 Å². The minimum atomic E-state index is -0.443. The summed E-state index contributed by atoms with van der Waals surface area (Å²) in [6, 6.07) is 3.40. The number of hydrogen-bond donors (Lipinski definition) is 2. The number of piperidine rings is 1. The van der Waals surface area contributed by atoms with E-state index in [1.165, 1.54) is 0 Å². The average Bonchev–Trinajstić information content (AvgIpc) is 2.72. The fourth-order valence-corrected chi connectivity index (χ4v) is 2.10. The summed E-state index contributed by atoms with van der Waals surface area (Å²) in [5.74, 6) is -0.469. The molecule has 1 aliphatic heterocycles. The Morgan fingerprint density at radius 1 is 1.39 bits per heavy atom. The number of nitrogens with two attached hydrogens (primary N) is 1. The summed E-state index contributed by atoms with van der Waals surface area (Å²) >= 11 is 0. The number of nitrogen functional groups attached to an aromatic ring is 1. The van der Waals surface area contributed by atoms with Gasteiger partial charge < -0.3 is 5.73 Å². The van der Waals surface area contributed by atoms with E-state index in [2.05, 4.69) is 15.5 Å². The van der Waals surface area contributed by atoms with Crippen LogP contribution in [0.2, 0.25) is 0 Å². The molecule has 7 heteroatoms. The van der Waals surface area contributed by atoms with Gasteiger partial charge in [-0.3, -0.25) is 19.3 Å². The number of anilines is 1. The number of fused-ring (bicyclic) bond motifs is 1. The van der Waals surface area contributed by atoms with Gasteiger partial charge in [-0.2, -0.15) is 0 Å². The van der Waals surface area contributed by atoms with Crippen molar-refractivity contribution in [2.45, 2.75) is 18.8 Å². The van der Waals surface area contributed by atoms with Crippen molar-refractivity contribution in [3.8, 4) is 0 Å². The molecule has 1 aliphatic rings. The third-order valence-electron chi connectivity index (χ3n) is 3.01. The molecule has 7 nitrogen and oxygen atoms in total. The van der Waals surface area contributed by atoms with E-state index in [0.29, 0.717) is 30.0 Å². The largest absolute Gasteiger partial charge is 0.399 e. The highest BCUT2D eigenvalue weighted by atomic mass is 16.2. The standard InChI is InChI=1S/C11H11N5O2/c12-6-3-4-16-8(5-6)14-15-10(16)7-1-2-9(17)13-11(7)18/h3-5,7H,1-2,12H2,(H,13,17,18). The Bertz CT molecular complexity index is 648. The number of aromatic nitrogens is 3. The molecule has 0 bridgehead atoms. The highest BCUT2D eigenvalue weighted by molar-refractivity contribution is 6.00. The second-order valence-corrected chi connectivity index (χ2v) is 4.25. The zero-order valence-corrected chi connectivity index (χ0v) is 9.46. The maximum atomic E-state index is 11.8. The Hall–Kier alpha value is -2.44. The molecule has 3 N–H and O–H groups in total. The van der Waals surface area contributed by atoms with Gasteiger partial charge in [-0.05, 0) is 12.5 Å². The quantitative estimate of drug-likeness (QED) is 0.679. The molecule has 1 fully saturated rings. The molecule has 92 valence electrons. The smallest absolute Gasteiger partial charge is 0.237 e. The first kappa shape index (κ1) is 10.7. The van der Waals surface area contributed by atoms with Crippen molar-refractivity contribution >= 4 is 23.1 Å². The van der Waals surface area contributed by atoms with Crippen LogP contribution in [-0.2, 0) is 9.59 Å². The van der Waals surface area contributed by atoms with Crippen LogP contribution in [0.15, 0.2) is 18.3 Å². The number of nitrogens with one attached hydrogen (secondary N) is 1. The topological polar surface area (TPSA) is 102 Å². The highest BCUT2D eigenvalue weighted by Gasteiger charge is 2.31. The predicted molar refractivity (Wildman–Crippen MR) is 62.5 cm³/mol. The molecule has 18 heavy (non-hydrogen) atoms. The van der Waals surface area contributed by atoms with Crippen molar-refractivity contribution in [1.29, 1.82) is 0 Å². The van der Waals surface area contributed by atoms with Gasteiger partial charge in [0.05, 0.1) is 5.92 Å². The van der Waals surface area contributed by atoms with Gasteiger partial charge in [0, 0.05) is 24.4 Å². The fourth-order valence-electron chi connectivity index (χ4n) is 2.10. The van der Waals surface area contributed by atoms with Gasteiger partial charge in [0.2, 0.25) is 11.8 Å². The molecule has 3 rings (SSSR count). The Balaban J connectivity index is 2.04. The van der Waals surface area contributed by atoms with Crippen molar-refractivity contribution in [2.24, 2.45) is 0 Å². The van der Waals surface area contributed by atoms with E-state index in [4.69, 9.17) is 5.73 Å². The van der Waals surface area contributed by atoms with E-state index in [9.17, 15) is 9.59 Å². The number of imide groups is 1. The molecular formula is C11H11N5O2. The van der Waals surface area contributed by atoms with Gasteiger partial charge in [-0.1, -0.05) is 0 Å². The summed E-state index contributed by atoms with van der Waals surface area (Å²) in [5.41, 5.74) is 6.83. The van der Waals surface area contributed by atoms with E-state index in [1.54, 1.807) is 22.7 Å². The minimum Gasteiger partial charge on any atom is -0.399 e. The van der Waals surface area contributed by atoms with E-state index in [-0.39, 0.29) is 11.8 Å². The molecule has 1 atom stereocenters. The van der Waals surface area contributed by atoms with E-state index >= 15 is 0 Å². The molecule has 1 saturated heterocycles. The number of rotatable bonds is 1. The normalized spacial score (nSPS) is 20.1. The molecule has 2 aromatic heterocycles. The van der Waals surface area contributed by atoms with Crippen LogP contribution in [0.3, 0.4) is 0 Å². The molecule has 0 aromatic carbocycles. The number of pyridine rings is 1. The second kappa shape index (κ2) is 3.80. The van der Waals surface area contributed by atoms with Gasteiger partial charge in [-0.25, -0.2) is 0 Å². The number of nitrogens with zero attached hydrogens (tertiary/aromatic N) is 3. The van der Waals surface area contributed by atoms with Crippen LogP contribution in [0.25, 0.3) is 5.65 Å². The lowest BCUT2D eigenvalue weighted by Gasteiger charge is -2.19. The number of carbonyl (C=O) groups excluding carboxylic acids is 2. The monoisotopic (exact) mass is 245 g/mol. The van der Waals surface area contributed by atoms with Crippen LogP contribution < -0.4 is 11.1 Å². The van der Waals surface area contributed by atoms with Crippen LogP contribution in [0.4, 0.5) is 5.69 Å². The zero-order valence-electron chi connectivity index (χ0n) is 9.46. The third-order valence-corrected chi connectivity index (χ3v) is 3.01. The fraction of sp³-hybridized carbons (Fsp3) is 0.273. The second-order valence-electron chi connectivity index (χ2n) is 4.25. The maximum absolute atomic E-state index is 11.8. The van der Waals surface area contributed by atoms with Crippen LogP contribution in [-0.4, -0.2) is 26.4 Å². The molecule has 0 spiro atoms. The van der Waals surface area contributed by atoms with Crippen LogP contribution in [0, 0.1) is 0 Å². The zero-order chi connectivity index (χ0) is 12.7. The number of carbonyl (C=O) groups is 2. The minimum absolute atomic E-state index is 0.241. The van der Waals surface area contributed by atoms with Gasteiger partial charge in [0.1, 0.15) is 5.82 Å². The lowest BCUT2D eigenvalue weighted by Crippen LogP contribution is -2.40. The van der Waals surface area contributed by atoms with Crippen molar-refractivity contribution in [3.05, 3.63) is 24.2 Å². The van der Waals surface area contributed by atoms with Crippen LogP contribution in [0.1, 0.15) is 24.6 Å². The summed E-state index contributed by atoms with van der Waals surface area (Å²) in [6.07, 6.45) is 2.50. The van der Waals surface area contributed by atoms with Gasteiger partial charge in [0.15, 0.2) is 5.65 Å². The SMILES string of the molecule is Nc1ccn2c(C3CCC(=O)NC3=O)nnc2c1. The number of amides is 2. The summed E-state index contributed by atoms with van der Waals surface area (Å²) in [7, 11) is 0. The average molecular weight is 245 g/mol. The summed E-state index contributed by atoms with van der Waals surface area (Å²) in [4.78, 5) is 22.9. The van der Waals surface area contributed by atoms with E-state index in [1.807, 2.05) is 0 Å². The van der Waals surface area contributed by atoms with Gasteiger partial charge in [-0.15, -0.1) is 10.2 Å². The van der Waals surface area contributed by atoms with Crippen molar-refractivity contribution in [1.82, 2.24) is 19.9 Å². The first-order chi connectivity index (χ1) is 8.65. The van der Waals surface area contributed by atoms with Crippen molar-refractivity contribution in [2.75, 3.05) is 5.73 Å². The summed E-state index contributed by atoms with van der Waals surface area (Å²) < 4.78 is 1.72. The Morgan fingerprint density at radius 2 is 2.22 bits per heavy atom. The van der Waals surface area contributed by atoms with Gasteiger partial charge >= 0.3 is 0 Å². The van der Waals surface area contributed by atoms with Crippen LogP contribution >= 0.6 is 0 Å². The molecule has 0 saturated carbocycles. The van der Waals surface area contributed by atoms with Gasteiger partial charge in [0.25, 0.3) is 0 Å². The van der Waals surface area contributed by atoms with E-state index in [0.717, 1.165) is 0 Å². The molecular weight excluding hydrogens is 234 g/mol. The Labute approximate surface area is 102 Å². The first-order valence-electron chi connectivity index (χ1n) is 5.59. The molecule has 1 unspecified atom stereocenters. The lowest BCUT2D eigenvalue weighted by atomic mass is 9.97. The highest BCUT2D eigenvalue weighted by Crippen LogP contribution is 2.24. The summed E-state index contributed by atoms with van der Waals surface area (Å²) in [5, 5.41) is 10.3. The Morgan fingerprint density at radius 3 is 3.00 bits per heavy atom. The van der Waals surface area contributed by atoms with Crippen LogP contribution in [0.5, 0.6) is 0 Å². The molecule has 0 radical (unpaired) electrons. The predicted octanol–water partition coefficient (Wildman–Crippen LogP) is -0.168. The lowest BCUT2D eigenvalue weighted by molar-refractivity contribution is -0.134. The Kier molecular flexibility index (Phi) is 2.26. The maximum Gasteiger partial charge on any atom is 0.237 e. The molecule has 3 heterocycles. The number of hydrogen-bond acceptors (Lipinski definition) is 5. The molecule has 2 amide bonds. The van der Waals surface area contributed by atoms with Crippen molar-refractivity contribution < 1.29 is 9.59 Å². The first-order valence-corrected chi connectivity index (χ1v) is 5.59. The molecule has 0 aliphatic carbocycles.